The van der Waals surface area contributed by atoms with E-state index < -0.39 is 9.05 Å². The van der Waals surface area contributed by atoms with Gasteiger partial charge in [0.1, 0.15) is 11.5 Å². The molecule has 0 aliphatic carbocycles. The van der Waals surface area contributed by atoms with Crippen LogP contribution in [0.1, 0.15) is 19.3 Å². The molecule has 1 aliphatic rings. The van der Waals surface area contributed by atoms with Gasteiger partial charge in [0.25, 0.3) is 9.05 Å². The lowest BCUT2D eigenvalue weighted by molar-refractivity contribution is -0.0116. The Hall–Kier alpha value is -0.0100. The van der Waals surface area contributed by atoms with Crippen molar-refractivity contribution in [3.8, 4) is 5.75 Å². The third-order valence-corrected chi connectivity index (χ3v) is 4.99. The molecule has 0 saturated carbocycles. The monoisotopic (exact) mass is 402 g/mol. The van der Waals surface area contributed by atoms with Gasteiger partial charge < -0.3 is 9.47 Å². The van der Waals surface area contributed by atoms with E-state index >= 15 is 0 Å². The topological polar surface area (TPSA) is 52.6 Å². The number of rotatable bonds is 4. The average Bonchev–Trinajstić information content (AvgIpc) is 2.37. The van der Waals surface area contributed by atoms with Gasteiger partial charge in [-0.25, -0.2) is 8.42 Å². The van der Waals surface area contributed by atoms with E-state index in [-0.39, 0.29) is 28.4 Å². The van der Waals surface area contributed by atoms with E-state index in [1.54, 1.807) is 6.07 Å². The van der Waals surface area contributed by atoms with Crippen LogP contribution in [0.5, 0.6) is 5.75 Å². The quantitative estimate of drug-likeness (QED) is 0.713. The van der Waals surface area contributed by atoms with Gasteiger partial charge in [0.05, 0.1) is 11.1 Å². The lowest BCUT2D eigenvalue weighted by Crippen LogP contribution is -2.26. The molecule has 1 unspecified atom stereocenters. The minimum absolute atomic E-state index is 0.0469. The van der Waals surface area contributed by atoms with Crippen LogP contribution in [-0.4, -0.2) is 27.7 Å². The Labute approximate surface area is 135 Å². The predicted molar refractivity (Wildman–Crippen MR) is 81.3 cm³/mol. The van der Waals surface area contributed by atoms with Gasteiger partial charge in [-0.1, -0.05) is 27.5 Å². The number of hydrogen-bond donors (Lipinski definition) is 0. The fourth-order valence-corrected chi connectivity index (χ4v) is 4.05. The third-order valence-electron chi connectivity index (χ3n) is 2.92. The number of hydrogen-bond acceptors (Lipinski definition) is 4. The zero-order valence-corrected chi connectivity index (χ0v) is 14.4. The van der Waals surface area contributed by atoms with Gasteiger partial charge in [-0.3, -0.25) is 0 Å². The van der Waals surface area contributed by atoms with E-state index in [9.17, 15) is 8.42 Å². The predicted octanol–water partition coefficient (Wildman–Crippen LogP) is 3.98. The van der Waals surface area contributed by atoms with E-state index in [1.165, 1.54) is 6.07 Å². The first kappa shape index (κ1) is 16.4. The summed E-state index contributed by atoms with van der Waals surface area (Å²) in [6, 6.07) is 2.93. The van der Waals surface area contributed by atoms with E-state index in [1.807, 2.05) is 0 Å². The van der Waals surface area contributed by atoms with Crippen molar-refractivity contribution in [3.63, 3.8) is 0 Å². The van der Waals surface area contributed by atoms with Gasteiger partial charge in [-0.2, -0.15) is 0 Å². The standard InChI is InChI=1S/C12H13BrCl2O4S/c13-8-5-10(14)12(11(6-8)20(15,16)17)19-7-9-3-1-2-4-18-9/h5-6,9H,1-4,7H2. The molecule has 1 aromatic carbocycles. The molecule has 0 spiro atoms. The second kappa shape index (κ2) is 6.83. The molecule has 20 heavy (non-hydrogen) atoms. The lowest BCUT2D eigenvalue weighted by Gasteiger charge is -2.23. The molecular formula is C12H13BrCl2O4S. The third kappa shape index (κ3) is 4.24. The zero-order valence-electron chi connectivity index (χ0n) is 10.4. The van der Waals surface area contributed by atoms with Crippen molar-refractivity contribution >= 4 is 47.3 Å². The van der Waals surface area contributed by atoms with Crippen molar-refractivity contribution in [2.75, 3.05) is 13.2 Å². The number of benzene rings is 1. The van der Waals surface area contributed by atoms with Crippen molar-refractivity contribution < 1.29 is 17.9 Å². The zero-order chi connectivity index (χ0) is 14.8. The van der Waals surface area contributed by atoms with E-state index in [2.05, 4.69) is 15.9 Å². The second-order valence-electron chi connectivity index (χ2n) is 4.45. The molecular weight excluding hydrogens is 391 g/mol. The highest BCUT2D eigenvalue weighted by atomic mass is 79.9. The molecule has 0 radical (unpaired) electrons. The Bertz CT molecular complexity index is 585. The molecule has 2 rings (SSSR count). The molecule has 0 amide bonds. The van der Waals surface area contributed by atoms with Crippen molar-refractivity contribution in [2.24, 2.45) is 0 Å². The second-order valence-corrected chi connectivity index (χ2v) is 8.31. The molecule has 0 aromatic heterocycles. The van der Waals surface area contributed by atoms with Gasteiger partial charge in [0, 0.05) is 21.8 Å². The molecule has 1 atom stereocenters. The minimum atomic E-state index is -3.94. The Morgan fingerprint density at radius 1 is 1.40 bits per heavy atom. The van der Waals surface area contributed by atoms with Crippen molar-refractivity contribution in [1.82, 2.24) is 0 Å². The molecule has 1 aromatic rings. The summed E-state index contributed by atoms with van der Waals surface area (Å²) < 4.78 is 34.8. The Kier molecular flexibility index (Phi) is 5.59. The van der Waals surface area contributed by atoms with Crippen LogP contribution in [0.2, 0.25) is 5.02 Å². The Morgan fingerprint density at radius 2 is 2.15 bits per heavy atom. The largest absolute Gasteiger partial charge is 0.488 e. The average molecular weight is 404 g/mol. The van der Waals surface area contributed by atoms with Gasteiger partial charge in [-0.05, 0) is 31.4 Å². The minimum Gasteiger partial charge on any atom is -0.488 e. The van der Waals surface area contributed by atoms with Crippen LogP contribution in [0.15, 0.2) is 21.5 Å². The number of ether oxygens (including phenoxy) is 2. The van der Waals surface area contributed by atoms with E-state index in [0.717, 1.165) is 19.3 Å². The molecule has 8 heteroatoms. The van der Waals surface area contributed by atoms with Gasteiger partial charge >= 0.3 is 0 Å². The summed E-state index contributed by atoms with van der Waals surface area (Å²) in [5.74, 6) is 0.0686. The summed E-state index contributed by atoms with van der Waals surface area (Å²) in [5.41, 5.74) is 0. The molecule has 1 heterocycles. The highest BCUT2D eigenvalue weighted by molar-refractivity contribution is 9.10. The SMILES string of the molecule is O=S(=O)(Cl)c1cc(Br)cc(Cl)c1OCC1CCCCO1. The summed E-state index contributed by atoms with van der Waals surface area (Å²) in [6.45, 7) is 0.948. The maximum absolute atomic E-state index is 11.6. The summed E-state index contributed by atoms with van der Waals surface area (Å²) in [6.07, 6.45) is 2.95. The highest BCUT2D eigenvalue weighted by Gasteiger charge is 2.23. The summed E-state index contributed by atoms with van der Waals surface area (Å²) in [4.78, 5) is -0.144. The molecule has 0 N–H and O–H groups in total. The fraction of sp³-hybridized carbons (Fsp3) is 0.500. The maximum Gasteiger partial charge on any atom is 0.265 e. The maximum atomic E-state index is 11.6. The van der Waals surface area contributed by atoms with Crippen LogP contribution < -0.4 is 4.74 Å². The molecule has 0 bridgehead atoms. The van der Waals surface area contributed by atoms with Crippen LogP contribution in [0.3, 0.4) is 0 Å². The van der Waals surface area contributed by atoms with Crippen LogP contribution in [0.4, 0.5) is 0 Å². The molecule has 1 aliphatic heterocycles. The van der Waals surface area contributed by atoms with Crippen LogP contribution >= 0.6 is 38.2 Å². The van der Waals surface area contributed by atoms with Crippen LogP contribution in [0.25, 0.3) is 0 Å². The van der Waals surface area contributed by atoms with Crippen LogP contribution in [0, 0.1) is 0 Å². The fourth-order valence-electron chi connectivity index (χ4n) is 1.97. The van der Waals surface area contributed by atoms with E-state index in [0.29, 0.717) is 11.1 Å². The first-order chi connectivity index (χ1) is 9.38. The Balaban J connectivity index is 2.21. The first-order valence-corrected chi connectivity index (χ1v) is 9.54. The molecule has 1 saturated heterocycles. The van der Waals surface area contributed by atoms with Gasteiger partial charge in [-0.15, -0.1) is 0 Å². The molecule has 4 nitrogen and oxygen atoms in total. The highest BCUT2D eigenvalue weighted by Crippen LogP contribution is 2.37. The molecule has 112 valence electrons. The normalized spacial score (nSPS) is 19.9. The van der Waals surface area contributed by atoms with Crippen molar-refractivity contribution in [3.05, 3.63) is 21.6 Å². The van der Waals surface area contributed by atoms with Crippen LogP contribution in [-0.2, 0) is 13.8 Å². The van der Waals surface area contributed by atoms with Gasteiger partial charge in [0.15, 0.2) is 5.75 Å². The summed E-state index contributed by atoms with van der Waals surface area (Å²) in [7, 11) is 1.47. The smallest absolute Gasteiger partial charge is 0.265 e. The lowest BCUT2D eigenvalue weighted by atomic mass is 10.1. The Morgan fingerprint density at radius 3 is 2.75 bits per heavy atom. The first-order valence-electron chi connectivity index (χ1n) is 6.06. The van der Waals surface area contributed by atoms with E-state index in [4.69, 9.17) is 31.8 Å². The summed E-state index contributed by atoms with van der Waals surface area (Å²) in [5, 5.41) is 0.189. The molecule has 1 fully saturated rings. The summed E-state index contributed by atoms with van der Waals surface area (Å²) >= 11 is 9.22. The van der Waals surface area contributed by atoms with Crippen molar-refractivity contribution in [2.45, 2.75) is 30.3 Å². The van der Waals surface area contributed by atoms with Crippen molar-refractivity contribution in [1.29, 1.82) is 0 Å². The number of halogens is 3. The van der Waals surface area contributed by atoms with Gasteiger partial charge in [0.2, 0.25) is 0 Å².